The van der Waals surface area contributed by atoms with Gasteiger partial charge in [-0.1, -0.05) is 5.92 Å². The van der Waals surface area contributed by atoms with E-state index in [1.54, 1.807) is 12.1 Å². The molecule has 1 aliphatic rings. The lowest BCUT2D eigenvalue weighted by molar-refractivity contribution is -0.0464. The van der Waals surface area contributed by atoms with Crippen molar-refractivity contribution < 1.29 is 13.9 Å². The molecule has 2 nitrogen and oxygen atoms in total. The second kappa shape index (κ2) is 3.79. The molecule has 0 aliphatic carbocycles. The van der Waals surface area contributed by atoms with E-state index in [0.29, 0.717) is 24.3 Å². The maximum Gasteiger partial charge on any atom is 0.186 e. The summed E-state index contributed by atoms with van der Waals surface area (Å²) in [7, 11) is 0. The van der Waals surface area contributed by atoms with E-state index in [1.165, 1.54) is 6.07 Å². The highest BCUT2D eigenvalue weighted by Crippen LogP contribution is 2.26. The van der Waals surface area contributed by atoms with Gasteiger partial charge in [0.25, 0.3) is 0 Å². The van der Waals surface area contributed by atoms with Gasteiger partial charge in [-0.05, 0) is 18.2 Å². The van der Waals surface area contributed by atoms with Gasteiger partial charge in [-0.2, -0.15) is 0 Å². The van der Waals surface area contributed by atoms with E-state index in [-0.39, 0.29) is 5.82 Å². The Morgan fingerprint density at radius 2 is 2.07 bits per heavy atom. The molecule has 72 valence electrons. The standard InChI is InChI=1S/C11H9FO2/c1-2-8-3-4-10(12)9(7-8)11-13-5-6-14-11/h1,3-4,7,11H,5-6H2. The quantitative estimate of drug-likeness (QED) is 0.632. The third-order valence-corrected chi connectivity index (χ3v) is 2.04. The zero-order chi connectivity index (χ0) is 9.97. The molecule has 0 spiro atoms. The summed E-state index contributed by atoms with van der Waals surface area (Å²) >= 11 is 0. The van der Waals surface area contributed by atoms with Crippen LogP contribution in [0.4, 0.5) is 4.39 Å². The average Bonchev–Trinajstić information content (AvgIpc) is 2.71. The van der Waals surface area contributed by atoms with Gasteiger partial charge < -0.3 is 9.47 Å². The van der Waals surface area contributed by atoms with Gasteiger partial charge >= 0.3 is 0 Å². The van der Waals surface area contributed by atoms with Crippen molar-refractivity contribution in [3.8, 4) is 12.3 Å². The lowest BCUT2D eigenvalue weighted by Gasteiger charge is -2.10. The molecule has 0 radical (unpaired) electrons. The maximum atomic E-state index is 13.3. The molecule has 0 amide bonds. The van der Waals surface area contributed by atoms with E-state index in [2.05, 4.69) is 5.92 Å². The van der Waals surface area contributed by atoms with Crippen LogP contribution in [0.1, 0.15) is 17.4 Å². The van der Waals surface area contributed by atoms with Gasteiger partial charge in [0.15, 0.2) is 6.29 Å². The molecule has 1 saturated heterocycles. The summed E-state index contributed by atoms with van der Waals surface area (Å²) in [6.45, 7) is 0.981. The Labute approximate surface area is 81.6 Å². The number of hydrogen-bond acceptors (Lipinski definition) is 2. The van der Waals surface area contributed by atoms with E-state index in [9.17, 15) is 4.39 Å². The van der Waals surface area contributed by atoms with E-state index in [1.807, 2.05) is 0 Å². The van der Waals surface area contributed by atoms with Crippen LogP contribution in [0.3, 0.4) is 0 Å². The van der Waals surface area contributed by atoms with E-state index in [0.717, 1.165) is 0 Å². The minimum Gasteiger partial charge on any atom is -0.346 e. The Bertz CT molecular complexity index is 375. The summed E-state index contributed by atoms with van der Waals surface area (Å²) in [6, 6.07) is 4.45. The predicted octanol–water partition coefficient (Wildman–Crippen LogP) is 1.85. The first-order valence-electron chi connectivity index (χ1n) is 4.30. The lowest BCUT2D eigenvalue weighted by atomic mass is 10.1. The Kier molecular flexibility index (Phi) is 2.49. The van der Waals surface area contributed by atoms with Gasteiger partial charge in [0, 0.05) is 11.1 Å². The third-order valence-electron chi connectivity index (χ3n) is 2.04. The highest BCUT2D eigenvalue weighted by molar-refractivity contribution is 5.36. The SMILES string of the molecule is C#Cc1ccc(F)c(C2OCCO2)c1. The number of hydrogen-bond donors (Lipinski definition) is 0. The molecule has 1 aromatic carbocycles. The van der Waals surface area contributed by atoms with Gasteiger partial charge in [0.05, 0.1) is 13.2 Å². The van der Waals surface area contributed by atoms with Gasteiger partial charge in [0.2, 0.25) is 0 Å². The van der Waals surface area contributed by atoms with Crippen LogP contribution in [0.15, 0.2) is 18.2 Å². The Balaban J connectivity index is 2.35. The average molecular weight is 192 g/mol. The highest BCUT2D eigenvalue weighted by Gasteiger charge is 2.21. The number of benzene rings is 1. The molecule has 1 fully saturated rings. The van der Waals surface area contributed by atoms with Gasteiger partial charge in [-0.15, -0.1) is 6.42 Å². The van der Waals surface area contributed by atoms with Crippen LogP contribution in [0.2, 0.25) is 0 Å². The number of rotatable bonds is 1. The molecule has 3 heteroatoms. The molecule has 0 unspecified atom stereocenters. The van der Waals surface area contributed by atoms with Gasteiger partial charge in [-0.3, -0.25) is 0 Å². The molecule has 2 rings (SSSR count). The van der Waals surface area contributed by atoms with Crippen LogP contribution >= 0.6 is 0 Å². The molecule has 14 heavy (non-hydrogen) atoms. The fraction of sp³-hybridized carbons (Fsp3) is 0.273. The van der Waals surface area contributed by atoms with Crippen LogP contribution in [0, 0.1) is 18.2 Å². The molecule has 0 saturated carbocycles. The molecule has 0 bridgehead atoms. The molecule has 1 heterocycles. The second-order valence-corrected chi connectivity index (χ2v) is 2.95. The van der Waals surface area contributed by atoms with E-state index in [4.69, 9.17) is 15.9 Å². The number of terminal acetylenes is 1. The summed E-state index contributed by atoms with van der Waals surface area (Å²) in [5.41, 5.74) is 0.999. The molecular formula is C11H9FO2. The number of halogens is 1. The summed E-state index contributed by atoms with van der Waals surface area (Å²) < 4.78 is 23.7. The van der Waals surface area contributed by atoms with Crippen molar-refractivity contribution in [2.24, 2.45) is 0 Å². The largest absolute Gasteiger partial charge is 0.346 e. The lowest BCUT2D eigenvalue weighted by Crippen LogP contribution is -2.01. The van der Waals surface area contributed by atoms with E-state index < -0.39 is 6.29 Å². The first-order chi connectivity index (χ1) is 6.81. The van der Waals surface area contributed by atoms with Crippen LogP contribution in [-0.4, -0.2) is 13.2 Å². The van der Waals surface area contributed by atoms with Crippen molar-refractivity contribution in [3.63, 3.8) is 0 Å². The van der Waals surface area contributed by atoms with Crippen LogP contribution in [0.25, 0.3) is 0 Å². The molecule has 1 aromatic rings. The summed E-state index contributed by atoms with van der Waals surface area (Å²) in [5, 5.41) is 0. The van der Waals surface area contributed by atoms with Gasteiger partial charge in [-0.25, -0.2) is 4.39 Å². The van der Waals surface area contributed by atoms with E-state index >= 15 is 0 Å². The second-order valence-electron chi connectivity index (χ2n) is 2.95. The first-order valence-corrected chi connectivity index (χ1v) is 4.30. The molecule has 0 N–H and O–H groups in total. The normalized spacial score (nSPS) is 16.9. The molecule has 1 aliphatic heterocycles. The Hall–Kier alpha value is -1.37. The van der Waals surface area contributed by atoms with Crippen LogP contribution in [-0.2, 0) is 9.47 Å². The molecule has 0 aromatic heterocycles. The van der Waals surface area contributed by atoms with Crippen molar-refractivity contribution in [2.75, 3.05) is 13.2 Å². The number of ether oxygens (including phenoxy) is 2. The highest BCUT2D eigenvalue weighted by atomic mass is 19.1. The maximum absolute atomic E-state index is 13.3. The topological polar surface area (TPSA) is 18.5 Å². The first kappa shape index (κ1) is 9.20. The van der Waals surface area contributed by atoms with Gasteiger partial charge in [0.1, 0.15) is 5.82 Å². The minimum absolute atomic E-state index is 0.351. The smallest absolute Gasteiger partial charge is 0.186 e. The predicted molar refractivity (Wildman–Crippen MR) is 49.0 cm³/mol. The minimum atomic E-state index is -0.608. The van der Waals surface area contributed by atoms with Crippen molar-refractivity contribution in [1.82, 2.24) is 0 Å². The zero-order valence-corrected chi connectivity index (χ0v) is 7.50. The Morgan fingerprint density at radius 1 is 1.36 bits per heavy atom. The van der Waals surface area contributed by atoms with Crippen molar-refractivity contribution >= 4 is 0 Å². The monoisotopic (exact) mass is 192 g/mol. The zero-order valence-electron chi connectivity index (χ0n) is 7.50. The van der Waals surface area contributed by atoms with Crippen LogP contribution < -0.4 is 0 Å². The van der Waals surface area contributed by atoms with Crippen molar-refractivity contribution in [1.29, 1.82) is 0 Å². The van der Waals surface area contributed by atoms with Crippen LogP contribution in [0.5, 0.6) is 0 Å². The summed E-state index contributed by atoms with van der Waals surface area (Å²) in [6.07, 6.45) is 4.61. The van der Waals surface area contributed by atoms with Crippen molar-refractivity contribution in [3.05, 3.63) is 35.1 Å². The van der Waals surface area contributed by atoms with Crippen molar-refractivity contribution in [2.45, 2.75) is 6.29 Å². The molecular weight excluding hydrogens is 183 g/mol. The Morgan fingerprint density at radius 3 is 2.71 bits per heavy atom. The fourth-order valence-corrected chi connectivity index (χ4v) is 1.35. The summed E-state index contributed by atoms with van der Waals surface area (Å²) in [5.74, 6) is 2.09. The fourth-order valence-electron chi connectivity index (χ4n) is 1.35. The summed E-state index contributed by atoms with van der Waals surface area (Å²) in [4.78, 5) is 0. The third kappa shape index (κ3) is 1.63. The molecule has 0 atom stereocenters.